The van der Waals surface area contributed by atoms with Crippen LogP contribution in [0.3, 0.4) is 0 Å². The van der Waals surface area contributed by atoms with Crippen LogP contribution in [0.4, 0.5) is 17.1 Å². The molecule has 0 radical (unpaired) electrons. The predicted octanol–water partition coefficient (Wildman–Crippen LogP) is 2.98. The van der Waals surface area contributed by atoms with E-state index in [0.717, 1.165) is 29.0 Å². The molecule has 0 saturated carbocycles. The van der Waals surface area contributed by atoms with Gasteiger partial charge in [-0.2, -0.15) is 0 Å². The fourth-order valence-electron chi connectivity index (χ4n) is 3.90. The predicted molar refractivity (Wildman–Crippen MR) is 108 cm³/mol. The van der Waals surface area contributed by atoms with Crippen LogP contribution in [-0.2, 0) is 20.8 Å². The standard InChI is InChI=1S/C22H23N3O3/c1-2-20(26)24-11-10-15-12-18(8-9-19(15)24)25-14-16(13-21(25)27)22(28)23-17-6-4-3-5-7-17/h3-9,12,16H,2,10-11,13-14H2,1H3,(H,23,28)/t16-/m0/s1. The van der Waals surface area contributed by atoms with Crippen LogP contribution in [0.1, 0.15) is 25.3 Å². The lowest BCUT2D eigenvalue weighted by Crippen LogP contribution is -2.28. The van der Waals surface area contributed by atoms with Gasteiger partial charge >= 0.3 is 0 Å². The molecule has 3 amide bonds. The first kappa shape index (κ1) is 18.2. The normalized spacial score (nSPS) is 18.3. The molecule has 2 aliphatic rings. The SMILES string of the molecule is CCC(=O)N1CCc2cc(N3C[C@@H](C(=O)Nc4ccccc4)CC3=O)ccc21. The third-order valence-electron chi connectivity index (χ3n) is 5.41. The summed E-state index contributed by atoms with van der Waals surface area (Å²) in [5.41, 5.74) is 3.53. The van der Waals surface area contributed by atoms with E-state index in [1.807, 2.05) is 55.5 Å². The van der Waals surface area contributed by atoms with Gasteiger partial charge in [-0.25, -0.2) is 0 Å². The second kappa shape index (κ2) is 7.46. The molecule has 2 aliphatic heterocycles. The summed E-state index contributed by atoms with van der Waals surface area (Å²) in [7, 11) is 0. The summed E-state index contributed by atoms with van der Waals surface area (Å²) in [5.74, 6) is -0.448. The number of hydrogen-bond acceptors (Lipinski definition) is 3. The number of para-hydroxylation sites is 1. The van der Waals surface area contributed by atoms with Gasteiger partial charge in [-0.15, -0.1) is 0 Å². The van der Waals surface area contributed by atoms with Crippen molar-refractivity contribution in [3.8, 4) is 0 Å². The molecule has 1 saturated heterocycles. The first-order valence-electron chi connectivity index (χ1n) is 9.66. The molecule has 0 aliphatic carbocycles. The van der Waals surface area contributed by atoms with E-state index in [9.17, 15) is 14.4 Å². The number of nitrogens with one attached hydrogen (secondary N) is 1. The summed E-state index contributed by atoms with van der Waals surface area (Å²) in [5, 5.41) is 2.88. The smallest absolute Gasteiger partial charge is 0.229 e. The molecule has 0 spiro atoms. The van der Waals surface area contributed by atoms with Crippen LogP contribution in [0.25, 0.3) is 0 Å². The van der Waals surface area contributed by atoms with Gasteiger partial charge in [-0.3, -0.25) is 14.4 Å². The fourth-order valence-corrected chi connectivity index (χ4v) is 3.90. The number of hydrogen-bond donors (Lipinski definition) is 1. The Morgan fingerprint density at radius 2 is 1.93 bits per heavy atom. The molecule has 144 valence electrons. The van der Waals surface area contributed by atoms with Crippen LogP contribution in [0, 0.1) is 5.92 Å². The summed E-state index contributed by atoms with van der Waals surface area (Å²) < 4.78 is 0. The number of carbonyl (C=O) groups is 3. The van der Waals surface area contributed by atoms with Gasteiger partial charge < -0.3 is 15.1 Å². The van der Waals surface area contributed by atoms with Crippen molar-refractivity contribution < 1.29 is 14.4 Å². The van der Waals surface area contributed by atoms with E-state index in [1.54, 1.807) is 9.80 Å². The first-order valence-corrected chi connectivity index (χ1v) is 9.66. The van der Waals surface area contributed by atoms with Crippen LogP contribution in [0.5, 0.6) is 0 Å². The molecule has 2 heterocycles. The van der Waals surface area contributed by atoms with E-state index in [0.29, 0.717) is 19.5 Å². The molecule has 2 aromatic rings. The van der Waals surface area contributed by atoms with Crippen molar-refractivity contribution in [1.82, 2.24) is 0 Å². The molecule has 0 aromatic heterocycles. The first-order chi connectivity index (χ1) is 13.6. The van der Waals surface area contributed by atoms with E-state index >= 15 is 0 Å². The zero-order valence-electron chi connectivity index (χ0n) is 15.9. The molecular formula is C22H23N3O3. The Balaban J connectivity index is 1.48. The second-order valence-corrected chi connectivity index (χ2v) is 7.22. The Labute approximate surface area is 164 Å². The van der Waals surface area contributed by atoms with E-state index in [-0.39, 0.29) is 30.1 Å². The molecule has 0 unspecified atom stereocenters. The Morgan fingerprint density at radius 3 is 2.68 bits per heavy atom. The number of benzene rings is 2. The molecule has 4 rings (SSSR count). The van der Waals surface area contributed by atoms with Gasteiger partial charge in [0.2, 0.25) is 17.7 Å². The molecule has 6 nitrogen and oxygen atoms in total. The second-order valence-electron chi connectivity index (χ2n) is 7.22. The average molecular weight is 377 g/mol. The van der Waals surface area contributed by atoms with Gasteiger partial charge in [-0.05, 0) is 42.3 Å². The van der Waals surface area contributed by atoms with Crippen molar-refractivity contribution in [3.05, 3.63) is 54.1 Å². The van der Waals surface area contributed by atoms with E-state index in [2.05, 4.69) is 5.32 Å². The number of carbonyl (C=O) groups excluding carboxylic acids is 3. The topological polar surface area (TPSA) is 69.7 Å². The molecule has 1 fully saturated rings. The number of rotatable bonds is 4. The van der Waals surface area contributed by atoms with Crippen LogP contribution in [-0.4, -0.2) is 30.8 Å². The molecule has 1 atom stereocenters. The highest BCUT2D eigenvalue weighted by Gasteiger charge is 2.36. The minimum absolute atomic E-state index is 0.0485. The number of amides is 3. The van der Waals surface area contributed by atoms with Crippen molar-refractivity contribution in [3.63, 3.8) is 0 Å². The van der Waals surface area contributed by atoms with Gasteiger partial charge in [0.05, 0.1) is 5.92 Å². The van der Waals surface area contributed by atoms with E-state index in [4.69, 9.17) is 0 Å². The molecule has 0 bridgehead atoms. The van der Waals surface area contributed by atoms with Crippen LogP contribution in [0.15, 0.2) is 48.5 Å². The zero-order valence-corrected chi connectivity index (χ0v) is 15.9. The fraction of sp³-hybridized carbons (Fsp3) is 0.318. The third-order valence-corrected chi connectivity index (χ3v) is 5.41. The third kappa shape index (κ3) is 3.38. The van der Waals surface area contributed by atoms with Gasteiger partial charge in [-0.1, -0.05) is 25.1 Å². The quantitative estimate of drug-likeness (QED) is 0.891. The largest absolute Gasteiger partial charge is 0.326 e. The number of fused-ring (bicyclic) bond motifs is 1. The van der Waals surface area contributed by atoms with Gasteiger partial charge in [0.15, 0.2) is 0 Å². The van der Waals surface area contributed by atoms with Crippen LogP contribution < -0.4 is 15.1 Å². The van der Waals surface area contributed by atoms with Crippen LogP contribution in [0.2, 0.25) is 0 Å². The zero-order chi connectivity index (χ0) is 19.7. The number of anilines is 3. The monoisotopic (exact) mass is 377 g/mol. The van der Waals surface area contributed by atoms with Crippen molar-refractivity contribution in [1.29, 1.82) is 0 Å². The van der Waals surface area contributed by atoms with E-state index in [1.165, 1.54) is 0 Å². The maximum absolute atomic E-state index is 12.5. The highest BCUT2D eigenvalue weighted by Crippen LogP contribution is 2.34. The molecule has 1 N–H and O–H groups in total. The van der Waals surface area contributed by atoms with Gasteiger partial charge in [0.25, 0.3) is 0 Å². The lowest BCUT2D eigenvalue weighted by molar-refractivity contribution is -0.122. The van der Waals surface area contributed by atoms with Crippen molar-refractivity contribution in [2.24, 2.45) is 5.92 Å². The maximum Gasteiger partial charge on any atom is 0.229 e. The lowest BCUT2D eigenvalue weighted by Gasteiger charge is -2.20. The summed E-state index contributed by atoms with van der Waals surface area (Å²) >= 11 is 0. The van der Waals surface area contributed by atoms with Crippen molar-refractivity contribution in [2.75, 3.05) is 28.2 Å². The highest BCUT2D eigenvalue weighted by molar-refractivity contribution is 6.04. The minimum atomic E-state index is -0.376. The molecule has 6 heteroatoms. The number of nitrogens with zero attached hydrogens (tertiary/aromatic N) is 2. The highest BCUT2D eigenvalue weighted by atomic mass is 16.2. The van der Waals surface area contributed by atoms with Gasteiger partial charge in [0, 0.05) is 43.0 Å². The maximum atomic E-state index is 12.5. The Hall–Kier alpha value is -3.15. The van der Waals surface area contributed by atoms with E-state index < -0.39 is 0 Å². The summed E-state index contributed by atoms with van der Waals surface area (Å²) in [6, 6.07) is 15.0. The average Bonchev–Trinajstić information content (AvgIpc) is 3.31. The van der Waals surface area contributed by atoms with Gasteiger partial charge in [0.1, 0.15) is 0 Å². The van der Waals surface area contributed by atoms with Crippen molar-refractivity contribution in [2.45, 2.75) is 26.2 Å². The molecule has 2 aromatic carbocycles. The molecule has 28 heavy (non-hydrogen) atoms. The molecular weight excluding hydrogens is 354 g/mol. The van der Waals surface area contributed by atoms with Crippen molar-refractivity contribution >= 4 is 34.8 Å². The minimum Gasteiger partial charge on any atom is -0.326 e. The Bertz CT molecular complexity index is 926. The summed E-state index contributed by atoms with van der Waals surface area (Å²) in [4.78, 5) is 40.6. The summed E-state index contributed by atoms with van der Waals surface area (Å²) in [6.07, 6.45) is 1.47. The summed E-state index contributed by atoms with van der Waals surface area (Å²) in [6.45, 7) is 2.91. The Morgan fingerprint density at radius 1 is 1.14 bits per heavy atom. The lowest BCUT2D eigenvalue weighted by atomic mass is 10.1. The van der Waals surface area contributed by atoms with Crippen LogP contribution >= 0.6 is 0 Å². The Kier molecular flexibility index (Phi) is 4.86.